The van der Waals surface area contributed by atoms with Gasteiger partial charge >= 0.3 is 0 Å². The molecule has 1 aliphatic rings. The molecule has 0 bridgehead atoms. The van der Waals surface area contributed by atoms with Gasteiger partial charge in [0.2, 0.25) is 0 Å². The number of para-hydroxylation sites is 1. The van der Waals surface area contributed by atoms with Crippen LogP contribution in [0, 0.1) is 5.92 Å². The predicted molar refractivity (Wildman–Crippen MR) is 115 cm³/mol. The number of fused-ring (bicyclic) bond motifs is 1. The molecule has 1 amide bonds. The predicted octanol–water partition coefficient (Wildman–Crippen LogP) is 4.05. The fourth-order valence-electron chi connectivity index (χ4n) is 4.07. The average molecular weight is 421 g/mol. The van der Waals surface area contributed by atoms with Crippen LogP contribution in [0.3, 0.4) is 0 Å². The van der Waals surface area contributed by atoms with Crippen LogP contribution in [0.2, 0.25) is 0 Å². The van der Waals surface area contributed by atoms with Crippen LogP contribution < -0.4 is 9.47 Å². The summed E-state index contributed by atoms with van der Waals surface area (Å²) in [6, 6.07) is 11.3. The van der Waals surface area contributed by atoms with Gasteiger partial charge in [-0.3, -0.25) is 9.78 Å². The molecule has 7 heteroatoms. The lowest BCUT2D eigenvalue weighted by Crippen LogP contribution is -2.32. The second-order valence-corrected chi connectivity index (χ2v) is 7.92. The number of nitrogens with zero attached hydrogens (tertiary/aromatic N) is 3. The first kappa shape index (κ1) is 20.9. The van der Waals surface area contributed by atoms with E-state index in [-0.39, 0.29) is 5.91 Å². The maximum absolute atomic E-state index is 13.7. The van der Waals surface area contributed by atoms with Gasteiger partial charge in [0.1, 0.15) is 5.76 Å². The largest absolute Gasteiger partial charge is 0.493 e. The second-order valence-electron chi connectivity index (χ2n) is 7.92. The van der Waals surface area contributed by atoms with E-state index in [4.69, 9.17) is 14.0 Å². The van der Waals surface area contributed by atoms with Crippen LogP contribution in [0.15, 0.2) is 47.1 Å². The minimum atomic E-state index is -0.172. The fourth-order valence-corrected chi connectivity index (χ4v) is 4.07. The maximum Gasteiger partial charge on any atom is 0.276 e. The SMILES string of the molecule is COc1cccc(CN(Cc2ccccn2)C(=O)c2noc3c2CC(C)CC3)c1OC. The zero-order valence-corrected chi connectivity index (χ0v) is 18.1. The summed E-state index contributed by atoms with van der Waals surface area (Å²) in [4.78, 5) is 19.8. The number of methoxy groups -OCH3 is 2. The Morgan fingerprint density at radius 2 is 2.03 bits per heavy atom. The highest BCUT2D eigenvalue weighted by molar-refractivity contribution is 5.94. The number of aryl methyl sites for hydroxylation is 1. The van der Waals surface area contributed by atoms with Gasteiger partial charge in [-0.1, -0.05) is 30.3 Å². The summed E-state index contributed by atoms with van der Waals surface area (Å²) >= 11 is 0. The Labute approximate surface area is 182 Å². The van der Waals surface area contributed by atoms with Crippen molar-refractivity contribution >= 4 is 5.91 Å². The number of pyridine rings is 1. The van der Waals surface area contributed by atoms with E-state index in [9.17, 15) is 4.79 Å². The number of ether oxygens (including phenoxy) is 2. The van der Waals surface area contributed by atoms with E-state index in [1.807, 2.05) is 36.4 Å². The number of benzene rings is 1. The number of rotatable bonds is 7. The molecule has 1 aromatic carbocycles. The Morgan fingerprint density at radius 1 is 1.16 bits per heavy atom. The van der Waals surface area contributed by atoms with Crippen LogP contribution in [-0.4, -0.2) is 35.2 Å². The second kappa shape index (κ2) is 9.20. The molecule has 2 heterocycles. The molecule has 0 saturated heterocycles. The summed E-state index contributed by atoms with van der Waals surface area (Å²) in [5.74, 6) is 2.39. The normalized spacial score (nSPS) is 15.3. The molecule has 4 rings (SSSR count). The number of carbonyl (C=O) groups excluding carboxylic acids is 1. The Balaban J connectivity index is 1.69. The molecule has 0 saturated carbocycles. The van der Waals surface area contributed by atoms with E-state index < -0.39 is 0 Å². The van der Waals surface area contributed by atoms with E-state index in [0.29, 0.717) is 36.2 Å². The molecule has 0 N–H and O–H groups in total. The van der Waals surface area contributed by atoms with E-state index in [2.05, 4.69) is 17.1 Å². The molecular weight excluding hydrogens is 394 g/mol. The first-order valence-electron chi connectivity index (χ1n) is 10.5. The minimum absolute atomic E-state index is 0.172. The number of amides is 1. The lowest BCUT2D eigenvalue weighted by molar-refractivity contribution is 0.0714. The first-order chi connectivity index (χ1) is 15.1. The summed E-state index contributed by atoms with van der Waals surface area (Å²) < 4.78 is 16.5. The van der Waals surface area contributed by atoms with Crippen molar-refractivity contribution in [3.63, 3.8) is 0 Å². The number of aromatic nitrogens is 2. The van der Waals surface area contributed by atoms with Crippen molar-refractivity contribution in [2.45, 2.75) is 39.3 Å². The van der Waals surface area contributed by atoms with Gasteiger partial charge < -0.3 is 18.9 Å². The molecule has 1 atom stereocenters. The highest BCUT2D eigenvalue weighted by Crippen LogP contribution is 2.33. The van der Waals surface area contributed by atoms with Crippen molar-refractivity contribution < 1.29 is 18.8 Å². The molecule has 0 aliphatic heterocycles. The van der Waals surface area contributed by atoms with Crippen molar-refractivity contribution in [1.82, 2.24) is 15.0 Å². The van der Waals surface area contributed by atoms with Gasteiger partial charge in [-0.15, -0.1) is 0 Å². The lowest BCUT2D eigenvalue weighted by atomic mass is 9.88. The molecule has 3 aromatic rings. The first-order valence-corrected chi connectivity index (χ1v) is 10.5. The third-order valence-electron chi connectivity index (χ3n) is 5.70. The number of hydrogen-bond acceptors (Lipinski definition) is 6. The Morgan fingerprint density at radius 3 is 2.77 bits per heavy atom. The van der Waals surface area contributed by atoms with E-state index in [1.165, 1.54) is 0 Å². The average Bonchev–Trinajstić information content (AvgIpc) is 3.21. The van der Waals surface area contributed by atoms with Gasteiger partial charge in [0, 0.05) is 23.7 Å². The van der Waals surface area contributed by atoms with Crippen LogP contribution in [0.5, 0.6) is 11.5 Å². The van der Waals surface area contributed by atoms with E-state index >= 15 is 0 Å². The molecule has 7 nitrogen and oxygen atoms in total. The van der Waals surface area contributed by atoms with Crippen molar-refractivity contribution in [2.75, 3.05) is 14.2 Å². The summed E-state index contributed by atoms with van der Waals surface area (Å²) in [7, 11) is 3.20. The van der Waals surface area contributed by atoms with Gasteiger partial charge in [0.25, 0.3) is 5.91 Å². The van der Waals surface area contributed by atoms with Gasteiger partial charge in [0.05, 0.1) is 33.0 Å². The summed E-state index contributed by atoms with van der Waals surface area (Å²) in [6.07, 6.45) is 4.40. The van der Waals surface area contributed by atoms with Gasteiger partial charge in [-0.2, -0.15) is 0 Å². The quantitative estimate of drug-likeness (QED) is 0.573. The Hall–Kier alpha value is -3.35. The zero-order chi connectivity index (χ0) is 21.8. The number of carbonyl (C=O) groups is 1. The Bertz CT molecular complexity index is 1050. The monoisotopic (exact) mass is 421 g/mol. The molecule has 0 fully saturated rings. The smallest absolute Gasteiger partial charge is 0.276 e. The molecule has 162 valence electrons. The molecule has 0 radical (unpaired) electrons. The van der Waals surface area contributed by atoms with Gasteiger partial charge in [-0.25, -0.2) is 0 Å². The number of hydrogen-bond donors (Lipinski definition) is 0. The third kappa shape index (κ3) is 4.40. The summed E-state index contributed by atoms with van der Waals surface area (Å²) in [5.41, 5.74) is 2.98. The van der Waals surface area contributed by atoms with Gasteiger partial charge in [0.15, 0.2) is 17.2 Å². The molecule has 31 heavy (non-hydrogen) atoms. The highest BCUT2D eigenvalue weighted by atomic mass is 16.5. The van der Waals surface area contributed by atoms with Crippen molar-refractivity contribution in [3.05, 3.63) is 70.9 Å². The molecule has 1 unspecified atom stereocenters. The summed E-state index contributed by atoms with van der Waals surface area (Å²) in [6.45, 7) is 2.86. The van der Waals surface area contributed by atoms with Crippen LogP contribution in [0.25, 0.3) is 0 Å². The highest BCUT2D eigenvalue weighted by Gasteiger charge is 2.30. The van der Waals surface area contributed by atoms with Gasteiger partial charge in [-0.05, 0) is 37.0 Å². The molecule has 1 aliphatic carbocycles. The van der Waals surface area contributed by atoms with Crippen LogP contribution in [0.1, 0.15) is 46.4 Å². The zero-order valence-electron chi connectivity index (χ0n) is 18.1. The standard InChI is InChI=1S/C24H27N3O4/c1-16-10-11-20-19(13-16)22(26-31-20)24(28)27(15-18-8-4-5-12-25-18)14-17-7-6-9-21(29-2)23(17)30-3/h4-9,12,16H,10-11,13-15H2,1-3H3. The molecule has 0 spiro atoms. The fraction of sp³-hybridized carbons (Fsp3) is 0.375. The van der Waals surface area contributed by atoms with Crippen molar-refractivity contribution in [2.24, 2.45) is 5.92 Å². The maximum atomic E-state index is 13.7. The Kier molecular flexibility index (Phi) is 6.21. The van der Waals surface area contributed by atoms with Crippen LogP contribution in [-0.2, 0) is 25.9 Å². The van der Waals surface area contributed by atoms with Crippen molar-refractivity contribution in [3.8, 4) is 11.5 Å². The molecular formula is C24H27N3O4. The summed E-state index contributed by atoms with van der Waals surface area (Å²) in [5, 5.41) is 4.17. The van der Waals surface area contributed by atoms with Crippen LogP contribution >= 0.6 is 0 Å². The third-order valence-corrected chi connectivity index (χ3v) is 5.70. The topological polar surface area (TPSA) is 77.7 Å². The lowest BCUT2D eigenvalue weighted by Gasteiger charge is -2.24. The van der Waals surface area contributed by atoms with Crippen LogP contribution in [0.4, 0.5) is 0 Å². The molecule has 2 aromatic heterocycles. The minimum Gasteiger partial charge on any atom is -0.493 e. The van der Waals surface area contributed by atoms with E-state index in [0.717, 1.165) is 41.8 Å². The van der Waals surface area contributed by atoms with Crippen molar-refractivity contribution in [1.29, 1.82) is 0 Å². The van der Waals surface area contributed by atoms with E-state index in [1.54, 1.807) is 25.3 Å².